The number of halogens is 2. The Labute approximate surface area is 150 Å². The Kier molecular flexibility index (Phi) is 3.95. The number of amides is 1. The van der Waals surface area contributed by atoms with Gasteiger partial charge < -0.3 is 5.32 Å². The number of rotatable bonds is 3. The van der Waals surface area contributed by atoms with Gasteiger partial charge in [0.05, 0.1) is 0 Å². The predicted octanol–water partition coefficient (Wildman–Crippen LogP) is 5.89. The first-order chi connectivity index (χ1) is 11.6. The first kappa shape index (κ1) is 15.5. The summed E-state index contributed by atoms with van der Waals surface area (Å²) in [4.78, 5) is 12.6. The van der Waals surface area contributed by atoms with E-state index in [9.17, 15) is 4.79 Å². The largest absolute Gasteiger partial charge is 0.325 e. The summed E-state index contributed by atoms with van der Waals surface area (Å²) in [6.45, 7) is 0. The third-order valence-electron chi connectivity index (χ3n) is 4.49. The van der Waals surface area contributed by atoms with E-state index in [2.05, 4.69) is 5.32 Å². The summed E-state index contributed by atoms with van der Waals surface area (Å²) in [6, 6.07) is 19.5. The van der Waals surface area contributed by atoms with Gasteiger partial charge in [0.25, 0.3) is 0 Å². The summed E-state index contributed by atoms with van der Waals surface area (Å²) in [7, 11) is 0. The Balaban J connectivity index is 1.53. The highest BCUT2D eigenvalue weighted by molar-refractivity contribution is 6.34. The number of hydrogen-bond donors (Lipinski definition) is 1. The zero-order valence-corrected chi connectivity index (χ0v) is 14.3. The zero-order chi connectivity index (χ0) is 16.7. The molecule has 3 aromatic rings. The lowest BCUT2D eigenvalue weighted by Crippen LogP contribution is -2.14. The maximum Gasteiger partial charge on any atom is 0.228 e. The van der Waals surface area contributed by atoms with Gasteiger partial charge in [0.2, 0.25) is 5.91 Å². The summed E-state index contributed by atoms with van der Waals surface area (Å²) in [5, 5.41) is 6.46. The highest BCUT2D eigenvalue weighted by Gasteiger charge is 2.44. The van der Waals surface area contributed by atoms with Gasteiger partial charge in [-0.05, 0) is 47.6 Å². The summed E-state index contributed by atoms with van der Waals surface area (Å²) in [5.74, 6) is 0.210. The molecular formula is C20H15Cl2NO. The maximum atomic E-state index is 12.6. The Morgan fingerprint density at radius 3 is 2.46 bits per heavy atom. The highest BCUT2D eigenvalue weighted by Crippen LogP contribution is 2.49. The van der Waals surface area contributed by atoms with Crippen LogP contribution in [0.5, 0.6) is 0 Å². The first-order valence-electron chi connectivity index (χ1n) is 7.86. The third kappa shape index (κ3) is 3.00. The van der Waals surface area contributed by atoms with Crippen molar-refractivity contribution in [1.29, 1.82) is 0 Å². The van der Waals surface area contributed by atoms with Crippen molar-refractivity contribution < 1.29 is 4.79 Å². The number of hydrogen-bond acceptors (Lipinski definition) is 1. The molecular weight excluding hydrogens is 341 g/mol. The van der Waals surface area contributed by atoms with Gasteiger partial charge >= 0.3 is 0 Å². The highest BCUT2D eigenvalue weighted by atomic mass is 35.5. The van der Waals surface area contributed by atoms with E-state index in [0.29, 0.717) is 10.0 Å². The Hall–Kier alpha value is -2.03. The van der Waals surface area contributed by atoms with Gasteiger partial charge in [-0.25, -0.2) is 0 Å². The molecule has 1 fully saturated rings. The lowest BCUT2D eigenvalue weighted by molar-refractivity contribution is -0.117. The van der Waals surface area contributed by atoms with Crippen LogP contribution in [0.4, 0.5) is 5.69 Å². The molecule has 2 atom stereocenters. The number of carbonyl (C=O) groups excluding carboxylic acids is 1. The molecule has 24 heavy (non-hydrogen) atoms. The van der Waals surface area contributed by atoms with E-state index in [1.54, 1.807) is 6.07 Å². The molecule has 0 radical (unpaired) electrons. The van der Waals surface area contributed by atoms with Crippen LogP contribution in [0.3, 0.4) is 0 Å². The minimum atomic E-state index is -0.0292. The van der Waals surface area contributed by atoms with Gasteiger partial charge in [-0.15, -0.1) is 0 Å². The minimum absolute atomic E-state index is 0.0292. The molecule has 0 bridgehead atoms. The van der Waals surface area contributed by atoms with E-state index in [1.807, 2.05) is 54.6 Å². The van der Waals surface area contributed by atoms with E-state index in [0.717, 1.165) is 28.4 Å². The van der Waals surface area contributed by atoms with Crippen molar-refractivity contribution in [3.8, 4) is 0 Å². The standard InChI is InChI=1S/C20H15Cl2NO/c21-14-8-13(9-15(22)10-14)17-11-18(17)20(24)23-19-7-3-5-12-4-1-2-6-16(12)19/h1-10,17-18H,11H2,(H,23,24). The van der Waals surface area contributed by atoms with Crippen molar-refractivity contribution in [3.63, 3.8) is 0 Å². The summed E-state index contributed by atoms with van der Waals surface area (Å²) < 4.78 is 0. The van der Waals surface area contributed by atoms with Crippen LogP contribution < -0.4 is 5.32 Å². The molecule has 4 heteroatoms. The summed E-state index contributed by atoms with van der Waals surface area (Å²) >= 11 is 12.1. The molecule has 1 amide bonds. The van der Waals surface area contributed by atoms with Gasteiger partial charge in [0.1, 0.15) is 0 Å². The lowest BCUT2D eigenvalue weighted by atomic mass is 10.1. The molecule has 1 aliphatic rings. The molecule has 120 valence electrons. The van der Waals surface area contributed by atoms with Crippen LogP contribution in [0.2, 0.25) is 10.0 Å². The fourth-order valence-electron chi connectivity index (χ4n) is 3.20. The molecule has 4 rings (SSSR count). The Morgan fingerprint density at radius 1 is 0.958 bits per heavy atom. The van der Waals surface area contributed by atoms with E-state index in [-0.39, 0.29) is 17.7 Å². The molecule has 1 N–H and O–H groups in total. The SMILES string of the molecule is O=C(Nc1cccc2ccccc12)C1CC1c1cc(Cl)cc(Cl)c1. The average molecular weight is 356 g/mol. The molecule has 0 aliphatic heterocycles. The van der Waals surface area contributed by atoms with Crippen molar-refractivity contribution in [3.05, 3.63) is 76.3 Å². The van der Waals surface area contributed by atoms with Crippen LogP contribution in [0.1, 0.15) is 17.9 Å². The number of anilines is 1. The first-order valence-corrected chi connectivity index (χ1v) is 8.62. The lowest BCUT2D eigenvalue weighted by Gasteiger charge is -2.09. The average Bonchev–Trinajstić information content (AvgIpc) is 3.35. The molecule has 1 saturated carbocycles. The Bertz CT molecular complexity index is 912. The summed E-state index contributed by atoms with van der Waals surface area (Å²) in [5.41, 5.74) is 1.89. The van der Waals surface area contributed by atoms with Crippen LogP contribution in [0.15, 0.2) is 60.7 Å². The number of fused-ring (bicyclic) bond motifs is 1. The monoisotopic (exact) mass is 355 g/mol. The molecule has 3 aromatic carbocycles. The molecule has 0 saturated heterocycles. The van der Waals surface area contributed by atoms with E-state index >= 15 is 0 Å². The third-order valence-corrected chi connectivity index (χ3v) is 4.92. The fourth-order valence-corrected chi connectivity index (χ4v) is 3.75. The number of nitrogens with one attached hydrogen (secondary N) is 1. The van der Waals surface area contributed by atoms with Crippen molar-refractivity contribution in [2.75, 3.05) is 5.32 Å². The zero-order valence-electron chi connectivity index (χ0n) is 12.8. The van der Waals surface area contributed by atoms with Crippen LogP contribution in [-0.4, -0.2) is 5.91 Å². The fraction of sp³-hybridized carbons (Fsp3) is 0.150. The molecule has 0 heterocycles. The second-order valence-electron chi connectivity index (χ2n) is 6.17. The van der Waals surface area contributed by atoms with Crippen LogP contribution >= 0.6 is 23.2 Å². The van der Waals surface area contributed by atoms with Crippen molar-refractivity contribution in [2.45, 2.75) is 12.3 Å². The van der Waals surface area contributed by atoms with Gasteiger partial charge in [-0.2, -0.15) is 0 Å². The van der Waals surface area contributed by atoms with E-state index in [1.165, 1.54) is 0 Å². The van der Waals surface area contributed by atoms with Crippen molar-refractivity contribution >= 4 is 45.6 Å². The predicted molar refractivity (Wildman–Crippen MR) is 99.9 cm³/mol. The second kappa shape index (κ2) is 6.12. The molecule has 1 aliphatic carbocycles. The van der Waals surface area contributed by atoms with Gasteiger partial charge in [0, 0.05) is 27.0 Å². The molecule has 0 spiro atoms. The molecule has 0 aromatic heterocycles. The van der Waals surface area contributed by atoms with Crippen LogP contribution in [0, 0.1) is 5.92 Å². The Morgan fingerprint density at radius 2 is 1.67 bits per heavy atom. The van der Waals surface area contributed by atoms with Gasteiger partial charge in [-0.3, -0.25) is 4.79 Å². The van der Waals surface area contributed by atoms with Crippen LogP contribution in [-0.2, 0) is 4.79 Å². The normalized spacial score (nSPS) is 19.2. The second-order valence-corrected chi connectivity index (χ2v) is 7.04. The molecule has 2 nitrogen and oxygen atoms in total. The van der Waals surface area contributed by atoms with E-state index < -0.39 is 0 Å². The number of carbonyl (C=O) groups is 1. The topological polar surface area (TPSA) is 29.1 Å². The van der Waals surface area contributed by atoms with Crippen LogP contribution in [0.25, 0.3) is 10.8 Å². The maximum absolute atomic E-state index is 12.6. The van der Waals surface area contributed by atoms with E-state index in [4.69, 9.17) is 23.2 Å². The summed E-state index contributed by atoms with van der Waals surface area (Å²) in [6.07, 6.45) is 0.827. The molecule has 2 unspecified atom stereocenters. The quantitative estimate of drug-likeness (QED) is 0.623. The smallest absolute Gasteiger partial charge is 0.228 e. The number of benzene rings is 3. The minimum Gasteiger partial charge on any atom is -0.325 e. The van der Waals surface area contributed by atoms with Gasteiger partial charge in [-0.1, -0.05) is 59.6 Å². The van der Waals surface area contributed by atoms with Gasteiger partial charge in [0.15, 0.2) is 0 Å². The van der Waals surface area contributed by atoms with Crippen molar-refractivity contribution in [1.82, 2.24) is 0 Å². The van der Waals surface area contributed by atoms with Crippen molar-refractivity contribution in [2.24, 2.45) is 5.92 Å².